The van der Waals surface area contributed by atoms with Gasteiger partial charge in [0.25, 0.3) is 0 Å². The van der Waals surface area contributed by atoms with Crippen molar-refractivity contribution in [1.82, 2.24) is 9.97 Å². The van der Waals surface area contributed by atoms with Crippen LogP contribution >= 0.6 is 25.3 Å². The van der Waals surface area contributed by atoms with Crippen molar-refractivity contribution >= 4 is 42.8 Å². The van der Waals surface area contributed by atoms with Gasteiger partial charge < -0.3 is 14.7 Å². The Morgan fingerprint density at radius 3 is 2.17 bits per heavy atom. The second-order valence-electron chi connectivity index (χ2n) is 6.51. The number of halogens is 1. The molecule has 9 heteroatoms. The monoisotopic (exact) mass is 480 g/mol. The molecule has 1 unspecified atom stereocenters. The Balaban J connectivity index is 2.04. The van der Waals surface area contributed by atoms with Crippen LogP contribution in [-0.4, -0.2) is 17.0 Å². The normalized spacial score (nSPS) is 10.1. The van der Waals surface area contributed by atoms with Crippen molar-refractivity contribution in [1.29, 1.82) is 10.5 Å². The fourth-order valence-corrected chi connectivity index (χ4v) is 3.67. The largest absolute Gasteiger partial charge is 0.437 e. The maximum atomic E-state index is 9.17. The Morgan fingerprint density at radius 2 is 1.63 bits per heavy atom. The van der Waals surface area contributed by atoms with Gasteiger partial charge in [0.2, 0.25) is 11.8 Å². The molecule has 0 aliphatic rings. The summed E-state index contributed by atoms with van der Waals surface area (Å²) in [6.07, 6.45) is 0. The summed E-state index contributed by atoms with van der Waals surface area (Å²) in [5.41, 5.74) is 3.64. The first-order valence-electron chi connectivity index (χ1n) is 8.85. The highest BCUT2D eigenvalue weighted by atomic mass is 79.9. The Morgan fingerprint density at radius 1 is 1.03 bits per heavy atom. The van der Waals surface area contributed by atoms with Gasteiger partial charge >= 0.3 is 0 Å². The molecule has 1 N–H and O–H groups in total. The highest BCUT2D eigenvalue weighted by Crippen LogP contribution is 2.38. The number of aromatic nitrogens is 2. The standard InChI is InChI=1S/C21H18BrN6OP/c1-12-8-15(11-24)9-13(2)18(12)29-20-17(22)19(27-30)25-21(26-20)28(3)16-6-4-14(10-23)5-7-16/h4-9H,30H2,1-3H3,(H,25,26,27). The number of benzene rings is 2. The Hall–Kier alpha value is -3.19. The number of hydrogen-bond acceptors (Lipinski definition) is 7. The molecule has 7 nitrogen and oxygen atoms in total. The van der Waals surface area contributed by atoms with Gasteiger partial charge in [0.05, 0.1) is 23.3 Å². The van der Waals surface area contributed by atoms with Gasteiger partial charge in [-0.1, -0.05) is 0 Å². The molecule has 30 heavy (non-hydrogen) atoms. The van der Waals surface area contributed by atoms with Gasteiger partial charge in [-0.25, -0.2) is 0 Å². The first-order chi connectivity index (χ1) is 14.4. The maximum Gasteiger partial charge on any atom is 0.240 e. The molecule has 1 atom stereocenters. The number of nitrogens with one attached hydrogen (secondary N) is 1. The molecule has 0 radical (unpaired) electrons. The van der Waals surface area contributed by atoms with E-state index in [0.29, 0.717) is 39.0 Å². The summed E-state index contributed by atoms with van der Waals surface area (Å²) in [4.78, 5) is 10.9. The van der Waals surface area contributed by atoms with Crippen LogP contribution in [0.15, 0.2) is 40.9 Å². The fraction of sp³-hybridized carbons (Fsp3) is 0.143. The minimum atomic E-state index is 0.335. The Bertz CT molecular complexity index is 1160. The van der Waals surface area contributed by atoms with Crippen LogP contribution in [0.25, 0.3) is 0 Å². The molecule has 0 saturated heterocycles. The predicted octanol–water partition coefficient (Wildman–Crippen LogP) is 5.36. The number of anilines is 3. The molecular formula is C21H18BrN6OP. The molecule has 0 spiro atoms. The van der Waals surface area contributed by atoms with Crippen LogP contribution in [0, 0.1) is 36.5 Å². The predicted molar refractivity (Wildman–Crippen MR) is 123 cm³/mol. The third-order valence-electron chi connectivity index (χ3n) is 4.42. The first kappa shape index (κ1) is 21.5. The zero-order chi connectivity index (χ0) is 21.8. The smallest absolute Gasteiger partial charge is 0.240 e. The van der Waals surface area contributed by atoms with Crippen molar-refractivity contribution in [2.45, 2.75) is 13.8 Å². The van der Waals surface area contributed by atoms with Crippen molar-refractivity contribution in [3.8, 4) is 23.8 Å². The lowest BCUT2D eigenvalue weighted by Gasteiger charge is -2.20. The molecule has 1 aromatic heterocycles. The Labute approximate surface area is 185 Å². The van der Waals surface area contributed by atoms with Gasteiger partial charge in [0, 0.05) is 12.7 Å². The van der Waals surface area contributed by atoms with E-state index in [-0.39, 0.29) is 0 Å². The summed E-state index contributed by atoms with van der Waals surface area (Å²) in [6.45, 7) is 3.77. The van der Waals surface area contributed by atoms with E-state index in [9.17, 15) is 0 Å². The van der Waals surface area contributed by atoms with E-state index in [1.165, 1.54) is 0 Å². The third-order valence-corrected chi connectivity index (χ3v) is 5.41. The van der Waals surface area contributed by atoms with Crippen LogP contribution in [0.3, 0.4) is 0 Å². The Kier molecular flexibility index (Phi) is 6.52. The summed E-state index contributed by atoms with van der Waals surface area (Å²) < 4.78 is 6.72. The summed E-state index contributed by atoms with van der Waals surface area (Å²) in [7, 11) is 4.24. The second kappa shape index (κ2) is 9.09. The van der Waals surface area contributed by atoms with Crippen molar-refractivity contribution in [2.24, 2.45) is 0 Å². The zero-order valence-corrected chi connectivity index (χ0v) is 19.3. The van der Waals surface area contributed by atoms with Gasteiger partial charge in [-0.05, 0) is 86.7 Å². The van der Waals surface area contributed by atoms with Gasteiger partial charge in [0.15, 0.2) is 5.82 Å². The third kappa shape index (κ3) is 4.36. The average Bonchev–Trinajstić information content (AvgIpc) is 2.76. The summed E-state index contributed by atoms with van der Waals surface area (Å²) >= 11 is 3.50. The second-order valence-corrected chi connectivity index (χ2v) is 7.59. The summed E-state index contributed by atoms with van der Waals surface area (Å²) in [6, 6.07) is 14.9. The SMILES string of the molecule is Cc1cc(C#N)cc(C)c1Oc1nc(N(C)c2ccc(C#N)cc2)nc(NP)c1Br. The van der Waals surface area contributed by atoms with Crippen molar-refractivity contribution in [3.63, 3.8) is 0 Å². The molecule has 3 rings (SSSR count). The van der Waals surface area contributed by atoms with E-state index < -0.39 is 0 Å². The van der Waals surface area contributed by atoms with Crippen molar-refractivity contribution in [2.75, 3.05) is 17.0 Å². The highest BCUT2D eigenvalue weighted by Gasteiger charge is 2.19. The van der Waals surface area contributed by atoms with Crippen LogP contribution in [0.2, 0.25) is 0 Å². The van der Waals surface area contributed by atoms with Crippen LogP contribution in [0.5, 0.6) is 11.6 Å². The molecule has 2 aromatic carbocycles. The minimum absolute atomic E-state index is 0.335. The first-order valence-corrected chi connectivity index (χ1v) is 10.2. The lowest BCUT2D eigenvalue weighted by Crippen LogP contribution is -2.14. The van der Waals surface area contributed by atoms with Crippen LogP contribution < -0.4 is 14.7 Å². The number of nitriles is 2. The maximum absolute atomic E-state index is 9.17. The lowest BCUT2D eigenvalue weighted by molar-refractivity contribution is 0.452. The van der Waals surface area contributed by atoms with E-state index in [1.54, 1.807) is 29.2 Å². The number of aryl methyl sites for hydroxylation is 2. The molecule has 0 bridgehead atoms. The van der Waals surface area contributed by atoms with Crippen LogP contribution in [-0.2, 0) is 0 Å². The summed E-state index contributed by atoms with van der Waals surface area (Å²) in [5.74, 6) is 1.91. The van der Waals surface area contributed by atoms with E-state index in [2.05, 4.69) is 52.5 Å². The van der Waals surface area contributed by atoms with Crippen LogP contribution in [0.1, 0.15) is 22.3 Å². The van der Waals surface area contributed by atoms with E-state index in [0.717, 1.165) is 16.8 Å². The minimum Gasteiger partial charge on any atom is -0.437 e. The topological polar surface area (TPSA) is 97.9 Å². The number of nitrogens with zero attached hydrogens (tertiary/aromatic N) is 5. The van der Waals surface area contributed by atoms with E-state index >= 15 is 0 Å². The molecule has 0 saturated carbocycles. The number of hydrogen-bond donors (Lipinski definition) is 1. The number of ether oxygens (including phenoxy) is 1. The lowest BCUT2D eigenvalue weighted by atomic mass is 10.1. The molecule has 3 aromatic rings. The van der Waals surface area contributed by atoms with Gasteiger partial charge in [-0.3, -0.25) is 0 Å². The van der Waals surface area contributed by atoms with Crippen molar-refractivity contribution in [3.05, 3.63) is 63.1 Å². The van der Waals surface area contributed by atoms with Gasteiger partial charge in [0.1, 0.15) is 10.2 Å². The molecule has 0 fully saturated rings. The van der Waals surface area contributed by atoms with Crippen LogP contribution in [0.4, 0.5) is 17.5 Å². The quantitative estimate of drug-likeness (QED) is 0.490. The average molecular weight is 481 g/mol. The fourth-order valence-electron chi connectivity index (χ4n) is 2.88. The number of rotatable bonds is 5. The summed E-state index contributed by atoms with van der Waals surface area (Å²) in [5, 5.41) is 21.1. The molecule has 150 valence electrons. The van der Waals surface area contributed by atoms with Gasteiger partial charge in [-0.15, -0.1) is 0 Å². The van der Waals surface area contributed by atoms with Gasteiger partial charge in [-0.2, -0.15) is 20.5 Å². The molecule has 0 amide bonds. The highest BCUT2D eigenvalue weighted by molar-refractivity contribution is 9.10. The molecule has 0 aliphatic carbocycles. The molecular weight excluding hydrogens is 463 g/mol. The molecule has 0 aliphatic heterocycles. The van der Waals surface area contributed by atoms with E-state index in [4.69, 9.17) is 15.3 Å². The molecule has 1 heterocycles. The van der Waals surface area contributed by atoms with Crippen molar-refractivity contribution < 1.29 is 4.74 Å². The van der Waals surface area contributed by atoms with E-state index in [1.807, 2.05) is 33.0 Å². The zero-order valence-electron chi connectivity index (χ0n) is 16.6.